The van der Waals surface area contributed by atoms with Gasteiger partial charge in [-0.1, -0.05) is 12.1 Å². The summed E-state index contributed by atoms with van der Waals surface area (Å²) in [5.74, 6) is -0.886. The van der Waals surface area contributed by atoms with E-state index in [1.54, 1.807) is 16.6 Å². The summed E-state index contributed by atoms with van der Waals surface area (Å²) in [6.07, 6.45) is 3.57. The van der Waals surface area contributed by atoms with Crippen LogP contribution in [0.2, 0.25) is 0 Å². The van der Waals surface area contributed by atoms with Crippen LogP contribution < -0.4 is 0 Å². The van der Waals surface area contributed by atoms with Crippen molar-refractivity contribution in [3.05, 3.63) is 76.7 Å². The van der Waals surface area contributed by atoms with E-state index in [9.17, 15) is 9.18 Å². The number of benzene rings is 2. The molecule has 0 radical (unpaired) electrons. The average molecular weight is 502 g/mol. The third-order valence-electron chi connectivity index (χ3n) is 6.74. The molecule has 4 aromatic rings. The number of halogens is 1. The zero-order valence-electron chi connectivity index (χ0n) is 22.0. The normalized spacial score (nSPS) is 14.4. The molecule has 192 valence electrons. The molecule has 0 saturated carbocycles. The minimum absolute atomic E-state index is 0.349. The molecule has 1 atom stereocenters. The Bertz CT molecular complexity index is 1470. The van der Waals surface area contributed by atoms with E-state index >= 15 is 0 Å². The second-order valence-corrected chi connectivity index (χ2v) is 10.6. The second kappa shape index (κ2) is 9.71. The van der Waals surface area contributed by atoms with Crippen LogP contribution in [0.15, 0.2) is 48.5 Å². The van der Waals surface area contributed by atoms with Gasteiger partial charge in [-0.3, -0.25) is 0 Å². The number of aryl methyl sites for hydroxylation is 3. The van der Waals surface area contributed by atoms with E-state index < -0.39 is 17.7 Å². The molecule has 0 bridgehead atoms. The van der Waals surface area contributed by atoms with Crippen molar-refractivity contribution in [1.82, 2.24) is 14.6 Å². The van der Waals surface area contributed by atoms with E-state index in [0.717, 1.165) is 24.1 Å². The van der Waals surface area contributed by atoms with E-state index in [-0.39, 0.29) is 5.82 Å². The molecule has 37 heavy (non-hydrogen) atoms. The highest BCUT2D eigenvalue weighted by molar-refractivity contribution is 5.82. The quantitative estimate of drug-likeness (QED) is 0.295. The van der Waals surface area contributed by atoms with Gasteiger partial charge >= 0.3 is 5.97 Å². The molecule has 7 heteroatoms. The number of hydrogen-bond donors (Lipinski definition) is 0. The number of ether oxygens (including phenoxy) is 2. The standard InChI is InChI=1S/C30H32FN3O3/c1-18-26(28(29(35)36-5)37-30(2,3)4)27(20-12-14-23(31)15-13-20)34-25(32-18)17-24(33-34)22-11-10-19-8-6-7-9-21(19)16-22/h10-17,28H,6-9H2,1-5H3/t28-/m0/s1. The average Bonchev–Trinajstić information content (AvgIpc) is 3.29. The summed E-state index contributed by atoms with van der Waals surface area (Å²) in [5.41, 5.74) is 7.04. The van der Waals surface area contributed by atoms with Gasteiger partial charge in [0.05, 0.1) is 24.1 Å². The van der Waals surface area contributed by atoms with Crippen molar-refractivity contribution in [3.63, 3.8) is 0 Å². The highest BCUT2D eigenvalue weighted by Gasteiger charge is 2.34. The van der Waals surface area contributed by atoms with Crippen LogP contribution in [0.3, 0.4) is 0 Å². The van der Waals surface area contributed by atoms with Crippen molar-refractivity contribution in [2.75, 3.05) is 7.11 Å². The molecular formula is C30H32FN3O3. The van der Waals surface area contributed by atoms with Crippen molar-refractivity contribution in [3.8, 4) is 22.5 Å². The van der Waals surface area contributed by atoms with Gasteiger partial charge in [0.25, 0.3) is 0 Å². The molecule has 6 nitrogen and oxygen atoms in total. The number of aromatic nitrogens is 3. The van der Waals surface area contributed by atoms with Crippen LogP contribution in [-0.2, 0) is 27.1 Å². The van der Waals surface area contributed by atoms with Crippen molar-refractivity contribution >= 4 is 11.6 Å². The number of esters is 1. The van der Waals surface area contributed by atoms with Gasteiger partial charge in [-0.05, 0) is 94.8 Å². The molecule has 2 heterocycles. The van der Waals surface area contributed by atoms with Gasteiger partial charge in [-0.15, -0.1) is 0 Å². The smallest absolute Gasteiger partial charge is 0.339 e. The van der Waals surface area contributed by atoms with Gasteiger partial charge in [0, 0.05) is 28.5 Å². The van der Waals surface area contributed by atoms with Crippen LogP contribution in [0, 0.1) is 12.7 Å². The lowest BCUT2D eigenvalue weighted by molar-refractivity contribution is -0.164. The maximum atomic E-state index is 13.9. The van der Waals surface area contributed by atoms with E-state index in [1.807, 2.05) is 33.8 Å². The first-order chi connectivity index (χ1) is 17.6. The van der Waals surface area contributed by atoms with Crippen molar-refractivity contribution in [2.45, 2.75) is 65.1 Å². The number of hydrogen-bond acceptors (Lipinski definition) is 5. The summed E-state index contributed by atoms with van der Waals surface area (Å²) < 4.78 is 27.0. The number of carbonyl (C=O) groups excluding carboxylic acids is 1. The van der Waals surface area contributed by atoms with E-state index in [1.165, 1.54) is 43.2 Å². The Morgan fingerprint density at radius 1 is 1.00 bits per heavy atom. The molecule has 2 aromatic carbocycles. The van der Waals surface area contributed by atoms with Crippen molar-refractivity contribution in [1.29, 1.82) is 0 Å². The van der Waals surface area contributed by atoms with Gasteiger partial charge in [0.2, 0.25) is 0 Å². The Morgan fingerprint density at radius 3 is 2.35 bits per heavy atom. The Kier molecular flexibility index (Phi) is 6.58. The monoisotopic (exact) mass is 501 g/mol. The van der Waals surface area contributed by atoms with Gasteiger partial charge in [0.1, 0.15) is 5.82 Å². The van der Waals surface area contributed by atoms with Crippen LogP contribution in [0.5, 0.6) is 0 Å². The number of rotatable bonds is 5. The second-order valence-electron chi connectivity index (χ2n) is 10.6. The van der Waals surface area contributed by atoms with Gasteiger partial charge in [0.15, 0.2) is 11.8 Å². The molecule has 1 aliphatic rings. The molecule has 0 amide bonds. The first-order valence-electron chi connectivity index (χ1n) is 12.7. The van der Waals surface area contributed by atoms with Crippen LogP contribution in [-0.4, -0.2) is 33.3 Å². The molecule has 0 N–H and O–H groups in total. The fourth-order valence-corrected chi connectivity index (χ4v) is 5.05. The summed E-state index contributed by atoms with van der Waals surface area (Å²) >= 11 is 0. The molecular weight excluding hydrogens is 469 g/mol. The summed E-state index contributed by atoms with van der Waals surface area (Å²) in [6, 6.07) is 14.6. The molecule has 0 unspecified atom stereocenters. The molecule has 5 rings (SSSR count). The zero-order chi connectivity index (χ0) is 26.3. The van der Waals surface area contributed by atoms with E-state index in [2.05, 4.69) is 18.2 Å². The lowest BCUT2D eigenvalue weighted by Gasteiger charge is -2.28. The van der Waals surface area contributed by atoms with E-state index in [4.69, 9.17) is 19.6 Å². The third kappa shape index (κ3) is 5.01. The number of methoxy groups -OCH3 is 1. The minimum Gasteiger partial charge on any atom is -0.467 e. The summed E-state index contributed by atoms with van der Waals surface area (Å²) in [7, 11) is 1.34. The third-order valence-corrected chi connectivity index (χ3v) is 6.74. The minimum atomic E-state index is -1.04. The predicted octanol–water partition coefficient (Wildman–Crippen LogP) is 6.42. The zero-order valence-corrected chi connectivity index (χ0v) is 22.0. The fraction of sp³-hybridized carbons (Fsp3) is 0.367. The lowest BCUT2D eigenvalue weighted by Crippen LogP contribution is -2.29. The molecule has 0 saturated heterocycles. The fourth-order valence-electron chi connectivity index (χ4n) is 5.05. The lowest BCUT2D eigenvalue weighted by atomic mass is 9.90. The van der Waals surface area contributed by atoms with Crippen LogP contribution >= 0.6 is 0 Å². The molecule has 0 aliphatic heterocycles. The van der Waals surface area contributed by atoms with Crippen LogP contribution in [0.4, 0.5) is 4.39 Å². The Hall–Kier alpha value is -3.58. The van der Waals surface area contributed by atoms with Gasteiger partial charge in [-0.25, -0.2) is 18.7 Å². The van der Waals surface area contributed by atoms with Crippen molar-refractivity contribution in [2.24, 2.45) is 0 Å². The van der Waals surface area contributed by atoms with Gasteiger partial charge in [-0.2, -0.15) is 5.10 Å². The maximum Gasteiger partial charge on any atom is 0.339 e. The number of nitrogens with zero attached hydrogens (tertiary/aromatic N) is 3. The molecule has 0 spiro atoms. The summed E-state index contributed by atoms with van der Waals surface area (Å²) in [5, 5.41) is 4.95. The predicted molar refractivity (Wildman–Crippen MR) is 141 cm³/mol. The summed E-state index contributed by atoms with van der Waals surface area (Å²) in [6.45, 7) is 7.48. The number of fused-ring (bicyclic) bond motifs is 2. The SMILES string of the molecule is COC(=O)[C@@H](OC(C)(C)C)c1c(C)nc2cc(-c3ccc4c(c3)CCCC4)nn2c1-c1ccc(F)cc1. The van der Waals surface area contributed by atoms with Crippen LogP contribution in [0.25, 0.3) is 28.2 Å². The first-order valence-corrected chi connectivity index (χ1v) is 12.7. The summed E-state index contributed by atoms with van der Waals surface area (Å²) in [4.78, 5) is 17.8. The molecule has 2 aromatic heterocycles. The highest BCUT2D eigenvalue weighted by Crippen LogP contribution is 2.37. The highest BCUT2D eigenvalue weighted by atomic mass is 19.1. The molecule has 0 fully saturated rings. The maximum absolute atomic E-state index is 13.9. The van der Waals surface area contributed by atoms with Crippen LogP contribution in [0.1, 0.15) is 62.1 Å². The van der Waals surface area contributed by atoms with Gasteiger partial charge < -0.3 is 9.47 Å². The Morgan fingerprint density at radius 2 is 1.68 bits per heavy atom. The number of carbonyl (C=O) groups is 1. The topological polar surface area (TPSA) is 65.7 Å². The van der Waals surface area contributed by atoms with Crippen molar-refractivity contribution < 1.29 is 18.7 Å². The first kappa shape index (κ1) is 25.1. The Labute approximate surface area is 216 Å². The largest absolute Gasteiger partial charge is 0.467 e. The Balaban J connectivity index is 1.75. The molecule has 1 aliphatic carbocycles. The van der Waals surface area contributed by atoms with E-state index in [0.29, 0.717) is 28.2 Å².